The summed E-state index contributed by atoms with van der Waals surface area (Å²) in [6, 6.07) is 64.3. The Morgan fingerprint density at radius 3 is 0.619 bits per heavy atom. The van der Waals surface area contributed by atoms with E-state index in [9.17, 15) is 0 Å². The van der Waals surface area contributed by atoms with Crippen LogP contribution in [-0.4, -0.2) is 32.5 Å². The summed E-state index contributed by atoms with van der Waals surface area (Å²) in [7, 11) is -5.78. The summed E-state index contributed by atoms with van der Waals surface area (Å²) >= 11 is -0.862. The molecule has 42 heavy (non-hydrogen) atoms. The molecule has 0 aromatic heterocycles. The van der Waals surface area contributed by atoms with Crippen LogP contribution in [0.1, 0.15) is 0 Å². The van der Waals surface area contributed by atoms with Gasteiger partial charge in [-0.1, -0.05) is 0 Å². The first kappa shape index (κ1) is 30.0. The van der Waals surface area contributed by atoms with Crippen LogP contribution in [0.3, 0.4) is 0 Å². The molecule has 0 unspecified atom stereocenters. The van der Waals surface area contributed by atoms with Crippen molar-refractivity contribution in [2.24, 2.45) is 0 Å². The number of hydrogen-bond donors (Lipinski definition) is 0. The first-order valence-corrected chi connectivity index (χ1v) is 18.6. The molecule has 0 radical (unpaired) electrons. The number of benzene rings is 6. The predicted molar refractivity (Wildman–Crippen MR) is 176 cm³/mol. The number of hydrogen-bond acceptors (Lipinski definition) is 2. The van der Waals surface area contributed by atoms with Crippen LogP contribution in [-0.2, 0) is 6.96 Å². The molecule has 0 fully saturated rings. The molecule has 6 rings (SSSR count). The summed E-state index contributed by atoms with van der Waals surface area (Å²) in [6.07, 6.45) is 0. The van der Waals surface area contributed by atoms with Gasteiger partial charge in [-0.25, -0.2) is 0 Å². The van der Waals surface area contributed by atoms with Gasteiger partial charge in [-0.15, -0.1) is 0 Å². The average molecular weight is 613 g/mol. The van der Waals surface area contributed by atoms with Crippen LogP contribution < -0.4 is 43.5 Å². The van der Waals surface area contributed by atoms with Crippen molar-refractivity contribution in [3.05, 3.63) is 182 Å². The molecular weight excluding hydrogens is 583 g/mol. The zero-order valence-electron chi connectivity index (χ0n) is 23.1. The van der Waals surface area contributed by atoms with Gasteiger partial charge < -0.3 is 12.4 Å². The third-order valence-corrected chi connectivity index (χ3v) is 18.0. The molecule has 0 aliphatic carbocycles. The second-order valence-corrected chi connectivity index (χ2v) is 18.2. The van der Waals surface area contributed by atoms with Crippen LogP contribution in [0.25, 0.3) is 0 Å². The quantitative estimate of drug-likeness (QED) is 0.169. The van der Waals surface area contributed by atoms with Gasteiger partial charge in [0.05, 0.1) is 0 Å². The summed E-state index contributed by atoms with van der Waals surface area (Å²) in [5.74, 6) is 0. The third-order valence-electron chi connectivity index (χ3n) is 7.53. The van der Waals surface area contributed by atoms with Gasteiger partial charge in [0.25, 0.3) is 0 Å². The van der Waals surface area contributed by atoms with E-state index in [1.165, 1.54) is 31.1 Å². The monoisotopic (exact) mass is 612 g/mol. The van der Waals surface area contributed by atoms with E-state index in [1.807, 2.05) is 0 Å². The number of halogens is 1. The maximum absolute atomic E-state index is 7.34. The van der Waals surface area contributed by atoms with Gasteiger partial charge in [-0.3, -0.25) is 0 Å². The van der Waals surface area contributed by atoms with Crippen LogP contribution >= 0.6 is 0 Å². The maximum atomic E-state index is 7.34. The molecule has 204 valence electrons. The van der Waals surface area contributed by atoms with Gasteiger partial charge in [-0.2, -0.15) is 0 Å². The van der Waals surface area contributed by atoms with E-state index >= 15 is 0 Å². The van der Waals surface area contributed by atoms with Crippen LogP contribution in [0.2, 0.25) is 0 Å². The summed E-state index contributed by atoms with van der Waals surface area (Å²) in [5.41, 5.74) is 0. The van der Waals surface area contributed by atoms with Crippen LogP contribution in [0, 0.1) is 0 Å². The SMILES string of the molecule is [Cl-].c1ccc([Si]([O][Al+][O][Si](c2ccccc2)(c2ccccc2)c2ccccc2)(c2ccccc2)c2ccccc2)cc1. The molecule has 0 aliphatic heterocycles. The first-order valence-electron chi connectivity index (χ1n) is 13.8. The van der Waals surface area contributed by atoms with E-state index in [0.717, 1.165) is 0 Å². The fourth-order valence-corrected chi connectivity index (χ4v) is 16.6. The van der Waals surface area contributed by atoms with Gasteiger partial charge in [0.15, 0.2) is 0 Å². The van der Waals surface area contributed by atoms with E-state index in [1.54, 1.807) is 0 Å². The van der Waals surface area contributed by atoms with Gasteiger partial charge in [0, 0.05) is 0 Å². The van der Waals surface area contributed by atoms with E-state index in [4.69, 9.17) is 6.96 Å². The van der Waals surface area contributed by atoms with Crippen molar-refractivity contribution in [1.29, 1.82) is 0 Å². The standard InChI is InChI=1S/2C18H15OSi.Al.ClH/c2*19-20(16-10-4-1-5-11-16,17-12-6-2-7-13-17)18-14-8-3-9-15-18;;/h2*1-15H;;1H/q2*-1;+3;/p-1. The predicted octanol–water partition coefficient (Wildman–Crippen LogP) is 0.892. The molecule has 0 spiro atoms. The van der Waals surface area contributed by atoms with Crippen LogP contribution in [0.4, 0.5) is 0 Å². The Bertz CT molecular complexity index is 1320. The molecular formula is C36H30AlClO2Si2. The molecule has 6 heteroatoms. The molecule has 0 aliphatic rings. The summed E-state index contributed by atoms with van der Waals surface area (Å²) < 4.78 is 14.7. The van der Waals surface area contributed by atoms with Crippen molar-refractivity contribution in [3.63, 3.8) is 0 Å². The summed E-state index contributed by atoms with van der Waals surface area (Å²) in [5, 5.41) is 7.25. The third kappa shape index (κ3) is 5.87. The van der Waals surface area contributed by atoms with Gasteiger partial charge in [0.2, 0.25) is 0 Å². The molecule has 0 N–H and O–H groups in total. The molecule has 0 saturated heterocycles. The Kier molecular flexibility index (Phi) is 10.1. The minimum atomic E-state index is -2.89. The van der Waals surface area contributed by atoms with E-state index in [0.29, 0.717) is 0 Å². The molecule has 0 heterocycles. The zero-order chi connectivity index (χ0) is 27.8. The summed E-state index contributed by atoms with van der Waals surface area (Å²) in [4.78, 5) is 0. The molecule has 0 amide bonds. The molecule has 0 atom stereocenters. The normalized spacial score (nSPS) is 11.2. The van der Waals surface area contributed by atoms with Crippen molar-refractivity contribution in [2.75, 3.05) is 0 Å². The van der Waals surface area contributed by atoms with Crippen LogP contribution in [0.15, 0.2) is 182 Å². The van der Waals surface area contributed by atoms with Crippen molar-refractivity contribution < 1.29 is 19.4 Å². The summed E-state index contributed by atoms with van der Waals surface area (Å²) in [6.45, 7) is 0. The van der Waals surface area contributed by atoms with Gasteiger partial charge >= 0.3 is 253 Å². The Hall–Kier alpha value is -3.50. The Balaban J connectivity index is 0.00000353. The second-order valence-electron chi connectivity index (χ2n) is 9.89. The first-order chi connectivity index (χ1) is 20.3. The Morgan fingerprint density at radius 1 is 0.286 bits per heavy atom. The molecule has 6 aromatic rings. The zero-order valence-corrected chi connectivity index (χ0v) is 27.0. The van der Waals surface area contributed by atoms with Gasteiger partial charge in [0.1, 0.15) is 0 Å². The number of rotatable bonds is 10. The van der Waals surface area contributed by atoms with Crippen molar-refractivity contribution in [2.45, 2.75) is 0 Å². The van der Waals surface area contributed by atoms with Crippen molar-refractivity contribution in [3.8, 4) is 0 Å². The molecule has 0 saturated carbocycles. The van der Waals surface area contributed by atoms with Gasteiger partial charge in [-0.05, 0) is 0 Å². The van der Waals surface area contributed by atoms with Crippen molar-refractivity contribution >= 4 is 63.6 Å². The van der Waals surface area contributed by atoms with E-state index in [2.05, 4.69) is 182 Å². The topological polar surface area (TPSA) is 18.5 Å². The fourth-order valence-electron chi connectivity index (χ4n) is 5.61. The van der Waals surface area contributed by atoms with Crippen molar-refractivity contribution in [1.82, 2.24) is 0 Å². The fraction of sp³-hybridized carbons (Fsp3) is 0. The Morgan fingerprint density at radius 2 is 0.452 bits per heavy atom. The van der Waals surface area contributed by atoms with E-state index < -0.39 is 32.5 Å². The van der Waals surface area contributed by atoms with Crippen LogP contribution in [0.5, 0.6) is 0 Å². The molecule has 6 aromatic carbocycles. The molecule has 0 bridgehead atoms. The minimum absolute atomic E-state index is 0. The Labute approximate surface area is 263 Å². The second kappa shape index (κ2) is 14.1. The molecule has 2 nitrogen and oxygen atoms in total. The average Bonchev–Trinajstić information content (AvgIpc) is 3.08. The van der Waals surface area contributed by atoms with E-state index in [-0.39, 0.29) is 12.4 Å².